The minimum absolute atomic E-state index is 0.606. The minimum Gasteiger partial charge on any atom is -0.486 e. The first-order valence-corrected chi connectivity index (χ1v) is 6.76. The highest BCUT2D eigenvalue weighted by atomic mass is 16.6. The molecule has 0 fully saturated rings. The molecule has 1 aliphatic heterocycles. The molecule has 102 valence electrons. The molecule has 5 heteroatoms. The van der Waals surface area contributed by atoms with E-state index in [-0.39, 0.29) is 0 Å². The van der Waals surface area contributed by atoms with Gasteiger partial charge in [-0.05, 0) is 26.3 Å². The zero-order valence-electron chi connectivity index (χ0n) is 11.2. The van der Waals surface area contributed by atoms with Crippen molar-refractivity contribution >= 4 is 11.0 Å². The fraction of sp³-hybridized carbons (Fsp3) is 0.500. The Morgan fingerprint density at radius 3 is 2.68 bits per heavy atom. The Morgan fingerprint density at radius 2 is 1.95 bits per heavy atom. The topological polar surface area (TPSA) is 62.3 Å². The molecule has 0 radical (unpaired) electrons. The summed E-state index contributed by atoms with van der Waals surface area (Å²) in [7, 11) is 0. The molecule has 1 aromatic carbocycles. The average Bonchev–Trinajstić information content (AvgIpc) is 2.72. The summed E-state index contributed by atoms with van der Waals surface area (Å²) in [5.74, 6) is 2.64. The molecule has 19 heavy (non-hydrogen) atoms. The van der Waals surface area contributed by atoms with Gasteiger partial charge in [0.1, 0.15) is 19.0 Å². The number of imidazole rings is 1. The van der Waals surface area contributed by atoms with Gasteiger partial charge in [0.05, 0.1) is 11.0 Å². The molecule has 0 aliphatic carbocycles. The molecule has 0 bridgehead atoms. The Bertz CT molecular complexity index is 592. The molecule has 0 unspecified atom stereocenters. The first-order valence-electron chi connectivity index (χ1n) is 6.76. The highest BCUT2D eigenvalue weighted by Gasteiger charge is 2.16. The van der Waals surface area contributed by atoms with Crippen LogP contribution in [0, 0.1) is 6.92 Å². The zero-order valence-corrected chi connectivity index (χ0v) is 11.2. The molecule has 0 saturated heterocycles. The van der Waals surface area contributed by atoms with E-state index in [2.05, 4.69) is 9.55 Å². The normalized spacial score (nSPS) is 14.0. The molecule has 1 aromatic heterocycles. The standard InChI is InChI=1S/C14H19N3O2/c1-10-16-11-8-13-14(19-7-6-18-13)9-12(11)17(10)5-3-2-4-15/h8-9H,2-7,15H2,1H3. The van der Waals surface area contributed by atoms with Crippen LogP contribution in [0.5, 0.6) is 11.5 Å². The van der Waals surface area contributed by atoms with E-state index in [1.165, 1.54) is 0 Å². The van der Waals surface area contributed by atoms with Crippen LogP contribution in [0.15, 0.2) is 12.1 Å². The maximum Gasteiger partial charge on any atom is 0.163 e. The van der Waals surface area contributed by atoms with E-state index in [1.807, 2.05) is 19.1 Å². The lowest BCUT2D eigenvalue weighted by Crippen LogP contribution is -2.15. The molecular formula is C14H19N3O2. The highest BCUT2D eigenvalue weighted by Crippen LogP contribution is 2.34. The van der Waals surface area contributed by atoms with Crippen molar-refractivity contribution in [3.8, 4) is 11.5 Å². The number of benzene rings is 1. The van der Waals surface area contributed by atoms with Gasteiger partial charge >= 0.3 is 0 Å². The number of ether oxygens (including phenoxy) is 2. The lowest BCUT2D eigenvalue weighted by Gasteiger charge is -2.18. The smallest absolute Gasteiger partial charge is 0.163 e. The number of rotatable bonds is 4. The third kappa shape index (κ3) is 2.26. The zero-order chi connectivity index (χ0) is 13.2. The first-order chi connectivity index (χ1) is 9.29. The largest absolute Gasteiger partial charge is 0.486 e. The Kier molecular flexibility index (Phi) is 3.29. The van der Waals surface area contributed by atoms with Crippen LogP contribution in [0.2, 0.25) is 0 Å². The summed E-state index contributed by atoms with van der Waals surface area (Å²) in [6.45, 7) is 4.92. The monoisotopic (exact) mass is 261 g/mol. The highest BCUT2D eigenvalue weighted by molar-refractivity contribution is 5.80. The van der Waals surface area contributed by atoms with Crippen LogP contribution in [0.25, 0.3) is 11.0 Å². The number of nitrogens with two attached hydrogens (primary N) is 1. The molecule has 2 N–H and O–H groups in total. The predicted octanol–water partition coefficient (Wildman–Crippen LogP) is 1.85. The second-order valence-electron chi connectivity index (χ2n) is 4.79. The van der Waals surface area contributed by atoms with Crippen LogP contribution in [0.3, 0.4) is 0 Å². The number of aromatic nitrogens is 2. The molecule has 1 aliphatic rings. The van der Waals surface area contributed by atoms with E-state index in [9.17, 15) is 0 Å². The van der Waals surface area contributed by atoms with E-state index in [4.69, 9.17) is 15.2 Å². The fourth-order valence-electron chi connectivity index (χ4n) is 2.48. The van der Waals surface area contributed by atoms with Gasteiger partial charge in [0.2, 0.25) is 0 Å². The second kappa shape index (κ2) is 5.09. The molecule has 0 atom stereocenters. The van der Waals surface area contributed by atoms with Crippen LogP contribution in [0.4, 0.5) is 0 Å². The number of unbranched alkanes of at least 4 members (excludes halogenated alkanes) is 1. The van der Waals surface area contributed by atoms with Gasteiger partial charge in [0.25, 0.3) is 0 Å². The Hall–Kier alpha value is -1.75. The van der Waals surface area contributed by atoms with Crippen molar-refractivity contribution in [1.29, 1.82) is 0 Å². The summed E-state index contributed by atoms with van der Waals surface area (Å²) in [6.07, 6.45) is 2.10. The van der Waals surface area contributed by atoms with Crippen LogP contribution in [-0.2, 0) is 6.54 Å². The molecule has 3 rings (SSSR count). The summed E-state index contributed by atoms with van der Waals surface area (Å²) in [6, 6.07) is 4.00. The lowest BCUT2D eigenvalue weighted by molar-refractivity contribution is 0.172. The third-order valence-electron chi connectivity index (χ3n) is 3.44. The van der Waals surface area contributed by atoms with Gasteiger partial charge in [0.15, 0.2) is 11.5 Å². The van der Waals surface area contributed by atoms with Crippen LogP contribution < -0.4 is 15.2 Å². The van der Waals surface area contributed by atoms with Crippen LogP contribution in [0.1, 0.15) is 18.7 Å². The Morgan fingerprint density at radius 1 is 1.21 bits per heavy atom. The van der Waals surface area contributed by atoms with Crippen molar-refractivity contribution in [3.63, 3.8) is 0 Å². The quantitative estimate of drug-likeness (QED) is 0.853. The van der Waals surface area contributed by atoms with Gasteiger partial charge < -0.3 is 19.8 Å². The Balaban J connectivity index is 1.99. The van der Waals surface area contributed by atoms with Crippen LogP contribution in [-0.4, -0.2) is 29.3 Å². The summed E-state index contributed by atoms with van der Waals surface area (Å²) < 4.78 is 13.4. The second-order valence-corrected chi connectivity index (χ2v) is 4.79. The van der Waals surface area contributed by atoms with Crippen molar-refractivity contribution < 1.29 is 9.47 Å². The fourth-order valence-corrected chi connectivity index (χ4v) is 2.48. The van der Waals surface area contributed by atoms with Crippen LogP contribution >= 0.6 is 0 Å². The van der Waals surface area contributed by atoms with E-state index < -0.39 is 0 Å². The number of nitrogens with zero attached hydrogens (tertiary/aromatic N) is 2. The molecule has 2 heterocycles. The lowest BCUT2D eigenvalue weighted by atomic mass is 10.2. The van der Waals surface area contributed by atoms with Gasteiger partial charge in [-0.1, -0.05) is 0 Å². The van der Waals surface area contributed by atoms with Gasteiger partial charge in [-0.3, -0.25) is 0 Å². The van der Waals surface area contributed by atoms with Crippen molar-refractivity contribution in [1.82, 2.24) is 9.55 Å². The van der Waals surface area contributed by atoms with E-state index >= 15 is 0 Å². The van der Waals surface area contributed by atoms with Crippen molar-refractivity contribution in [2.24, 2.45) is 5.73 Å². The van der Waals surface area contributed by atoms with Gasteiger partial charge in [0, 0.05) is 18.7 Å². The number of aryl methyl sites for hydroxylation is 2. The van der Waals surface area contributed by atoms with E-state index in [1.54, 1.807) is 0 Å². The van der Waals surface area contributed by atoms with Gasteiger partial charge in [-0.25, -0.2) is 4.98 Å². The van der Waals surface area contributed by atoms with Crippen molar-refractivity contribution in [2.75, 3.05) is 19.8 Å². The molecular weight excluding hydrogens is 242 g/mol. The Labute approximate surface area is 112 Å². The van der Waals surface area contributed by atoms with Gasteiger partial charge in [-0.2, -0.15) is 0 Å². The van der Waals surface area contributed by atoms with Crippen molar-refractivity contribution in [2.45, 2.75) is 26.3 Å². The summed E-state index contributed by atoms with van der Waals surface area (Å²) >= 11 is 0. The summed E-state index contributed by atoms with van der Waals surface area (Å²) in [5.41, 5.74) is 7.63. The number of hydrogen-bond donors (Lipinski definition) is 1. The number of fused-ring (bicyclic) bond motifs is 2. The first kappa shape index (κ1) is 12.3. The maximum atomic E-state index is 5.64. The molecule has 0 saturated carbocycles. The number of hydrogen-bond acceptors (Lipinski definition) is 4. The SMILES string of the molecule is Cc1nc2cc3c(cc2n1CCCCN)OCCO3. The maximum absolute atomic E-state index is 5.64. The third-order valence-corrected chi connectivity index (χ3v) is 3.44. The summed E-state index contributed by atoms with van der Waals surface area (Å²) in [5, 5.41) is 0. The van der Waals surface area contributed by atoms with E-state index in [0.29, 0.717) is 13.2 Å². The minimum atomic E-state index is 0.606. The summed E-state index contributed by atoms with van der Waals surface area (Å²) in [4.78, 5) is 4.60. The van der Waals surface area contributed by atoms with E-state index in [0.717, 1.165) is 54.3 Å². The molecule has 5 nitrogen and oxygen atoms in total. The molecule has 2 aromatic rings. The predicted molar refractivity (Wildman–Crippen MR) is 73.7 cm³/mol. The molecule has 0 amide bonds. The average molecular weight is 261 g/mol. The molecule has 0 spiro atoms. The van der Waals surface area contributed by atoms with Crippen molar-refractivity contribution in [3.05, 3.63) is 18.0 Å². The van der Waals surface area contributed by atoms with Gasteiger partial charge in [-0.15, -0.1) is 0 Å².